The third-order valence-corrected chi connectivity index (χ3v) is 6.01. The Labute approximate surface area is 154 Å². The summed E-state index contributed by atoms with van der Waals surface area (Å²) in [6.07, 6.45) is 4.61. The second kappa shape index (κ2) is 6.63. The standard InChI is InChI=1S/C21H26N4O/c1-14-9-11-25(14)21-23-18-4-2-3-17(18)20(24-21)16-7-5-15(6-8-16)19-13-26-12-10-22-19/h5-8,14,19,22H,2-4,9-13H2,1H3/t14-,19?/m0/s1. The Morgan fingerprint density at radius 1 is 1.15 bits per heavy atom. The molecule has 1 unspecified atom stereocenters. The van der Waals surface area contributed by atoms with E-state index in [2.05, 4.69) is 41.4 Å². The van der Waals surface area contributed by atoms with Gasteiger partial charge in [0.1, 0.15) is 0 Å². The Hall–Kier alpha value is -1.98. The van der Waals surface area contributed by atoms with Crippen LogP contribution in [0.4, 0.5) is 5.95 Å². The van der Waals surface area contributed by atoms with E-state index < -0.39 is 0 Å². The molecule has 2 aromatic rings. The third kappa shape index (κ3) is 2.79. The third-order valence-electron chi connectivity index (χ3n) is 6.01. The highest BCUT2D eigenvalue weighted by atomic mass is 16.5. The smallest absolute Gasteiger partial charge is 0.226 e. The first-order valence-electron chi connectivity index (χ1n) is 9.87. The molecule has 5 heteroatoms. The lowest BCUT2D eigenvalue weighted by Crippen LogP contribution is -2.46. The van der Waals surface area contributed by atoms with Gasteiger partial charge in [-0.25, -0.2) is 9.97 Å². The molecule has 3 heterocycles. The first-order valence-corrected chi connectivity index (χ1v) is 9.87. The van der Waals surface area contributed by atoms with Gasteiger partial charge in [-0.1, -0.05) is 24.3 Å². The Bertz CT molecular complexity index is 798. The van der Waals surface area contributed by atoms with Crippen LogP contribution in [0.1, 0.15) is 42.6 Å². The number of hydrogen-bond donors (Lipinski definition) is 1. The number of hydrogen-bond acceptors (Lipinski definition) is 5. The van der Waals surface area contributed by atoms with Crippen LogP contribution in [-0.2, 0) is 17.6 Å². The van der Waals surface area contributed by atoms with Gasteiger partial charge in [0.25, 0.3) is 0 Å². The maximum absolute atomic E-state index is 5.59. The van der Waals surface area contributed by atoms with E-state index in [4.69, 9.17) is 14.7 Å². The van der Waals surface area contributed by atoms with Crippen LogP contribution < -0.4 is 10.2 Å². The van der Waals surface area contributed by atoms with Gasteiger partial charge >= 0.3 is 0 Å². The first-order chi connectivity index (χ1) is 12.8. The van der Waals surface area contributed by atoms with E-state index in [1.165, 1.54) is 35.2 Å². The number of ether oxygens (including phenoxy) is 1. The number of rotatable bonds is 3. The van der Waals surface area contributed by atoms with Crippen molar-refractivity contribution in [2.24, 2.45) is 0 Å². The van der Waals surface area contributed by atoms with Gasteiger partial charge in [-0.05, 0) is 38.2 Å². The highest BCUT2D eigenvalue weighted by Crippen LogP contribution is 2.34. The summed E-state index contributed by atoms with van der Waals surface area (Å²) in [7, 11) is 0. The molecule has 0 saturated carbocycles. The Morgan fingerprint density at radius 2 is 2.04 bits per heavy atom. The van der Waals surface area contributed by atoms with E-state index in [1.807, 2.05) is 0 Å². The van der Waals surface area contributed by atoms with Crippen molar-refractivity contribution < 1.29 is 4.74 Å². The molecule has 0 radical (unpaired) electrons. The van der Waals surface area contributed by atoms with Crippen molar-refractivity contribution in [3.63, 3.8) is 0 Å². The number of anilines is 1. The molecule has 3 aliphatic rings. The Kier molecular flexibility index (Phi) is 4.14. The molecule has 1 N–H and O–H groups in total. The molecule has 0 amide bonds. The maximum atomic E-state index is 5.59. The molecule has 1 aromatic carbocycles. The minimum atomic E-state index is 0.298. The second-order valence-corrected chi connectivity index (χ2v) is 7.69. The van der Waals surface area contributed by atoms with E-state index in [0.29, 0.717) is 12.1 Å². The number of nitrogens with one attached hydrogen (secondary N) is 1. The summed E-state index contributed by atoms with van der Waals surface area (Å²) < 4.78 is 5.59. The van der Waals surface area contributed by atoms with Crippen LogP contribution in [0, 0.1) is 0 Å². The Balaban J connectivity index is 1.49. The van der Waals surface area contributed by atoms with Crippen LogP contribution in [0.25, 0.3) is 11.3 Å². The molecule has 2 saturated heterocycles. The number of nitrogens with zero attached hydrogens (tertiary/aromatic N) is 3. The Morgan fingerprint density at radius 3 is 2.73 bits per heavy atom. The minimum absolute atomic E-state index is 0.298. The van der Waals surface area contributed by atoms with Crippen molar-refractivity contribution in [1.29, 1.82) is 0 Å². The van der Waals surface area contributed by atoms with Crippen molar-refractivity contribution in [2.75, 3.05) is 31.2 Å². The van der Waals surface area contributed by atoms with Gasteiger partial charge in [0, 0.05) is 36.0 Å². The fourth-order valence-electron chi connectivity index (χ4n) is 4.25. The zero-order valence-corrected chi connectivity index (χ0v) is 15.4. The lowest BCUT2D eigenvalue weighted by atomic mass is 10.0. The quantitative estimate of drug-likeness (QED) is 0.922. The van der Waals surface area contributed by atoms with E-state index in [1.54, 1.807) is 0 Å². The fourth-order valence-corrected chi connectivity index (χ4v) is 4.25. The summed E-state index contributed by atoms with van der Waals surface area (Å²) in [6.45, 7) is 5.81. The molecule has 5 rings (SSSR count). The van der Waals surface area contributed by atoms with E-state index in [0.717, 1.165) is 50.8 Å². The molecule has 1 aromatic heterocycles. The first kappa shape index (κ1) is 16.2. The molecule has 1 aliphatic carbocycles. The van der Waals surface area contributed by atoms with Gasteiger partial charge in [0.15, 0.2) is 0 Å². The number of aromatic nitrogens is 2. The van der Waals surface area contributed by atoms with Crippen LogP contribution in [-0.4, -0.2) is 42.3 Å². The van der Waals surface area contributed by atoms with E-state index in [-0.39, 0.29) is 0 Å². The van der Waals surface area contributed by atoms with Crippen molar-refractivity contribution in [3.05, 3.63) is 41.1 Å². The van der Waals surface area contributed by atoms with Crippen LogP contribution in [0.3, 0.4) is 0 Å². The van der Waals surface area contributed by atoms with Gasteiger partial charge in [0.05, 0.1) is 24.9 Å². The van der Waals surface area contributed by atoms with Crippen LogP contribution in [0.2, 0.25) is 0 Å². The molecular weight excluding hydrogens is 324 g/mol. The summed E-state index contributed by atoms with van der Waals surface area (Å²) in [5, 5.41) is 3.52. The largest absolute Gasteiger partial charge is 0.378 e. The normalized spacial score (nSPS) is 25.0. The van der Waals surface area contributed by atoms with Crippen LogP contribution in [0.15, 0.2) is 24.3 Å². The SMILES string of the molecule is C[C@H]1CCN1c1nc2c(c(-c3ccc(C4COCCN4)cc3)n1)CCC2. The molecule has 136 valence electrons. The monoisotopic (exact) mass is 350 g/mol. The predicted octanol–water partition coefficient (Wildman–Crippen LogP) is 2.89. The van der Waals surface area contributed by atoms with Gasteiger partial charge in [0.2, 0.25) is 5.95 Å². The van der Waals surface area contributed by atoms with Gasteiger partial charge < -0.3 is 15.0 Å². The van der Waals surface area contributed by atoms with Crippen LogP contribution >= 0.6 is 0 Å². The van der Waals surface area contributed by atoms with Crippen molar-refractivity contribution in [2.45, 2.75) is 44.7 Å². The summed E-state index contributed by atoms with van der Waals surface area (Å²) in [4.78, 5) is 12.2. The number of aryl methyl sites for hydroxylation is 1. The summed E-state index contributed by atoms with van der Waals surface area (Å²) in [6, 6.07) is 9.73. The predicted molar refractivity (Wildman–Crippen MR) is 102 cm³/mol. The zero-order valence-electron chi connectivity index (χ0n) is 15.4. The fraction of sp³-hybridized carbons (Fsp3) is 0.524. The van der Waals surface area contributed by atoms with Crippen molar-refractivity contribution in [1.82, 2.24) is 15.3 Å². The average Bonchev–Trinajstić information content (AvgIpc) is 3.16. The highest BCUT2D eigenvalue weighted by Gasteiger charge is 2.29. The van der Waals surface area contributed by atoms with E-state index in [9.17, 15) is 0 Å². The summed E-state index contributed by atoms with van der Waals surface area (Å²) in [5.74, 6) is 0.922. The van der Waals surface area contributed by atoms with E-state index >= 15 is 0 Å². The van der Waals surface area contributed by atoms with Gasteiger partial charge in [-0.2, -0.15) is 0 Å². The molecule has 0 spiro atoms. The molecule has 5 nitrogen and oxygen atoms in total. The zero-order chi connectivity index (χ0) is 17.5. The molecule has 0 bridgehead atoms. The van der Waals surface area contributed by atoms with Crippen molar-refractivity contribution >= 4 is 5.95 Å². The maximum Gasteiger partial charge on any atom is 0.226 e. The summed E-state index contributed by atoms with van der Waals surface area (Å²) in [5.41, 5.74) is 6.25. The highest BCUT2D eigenvalue weighted by molar-refractivity contribution is 5.67. The minimum Gasteiger partial charge on any atom is -0.378 e. The van der Waals surface area contributed by atoms with Gasteiger partial charge in [-0.15, -0.1) is 0 Å². The molecule has 2 aliphatic heterocycles. The number of morpholine rings is 1. The number of fused-ring (bicyclic) bond motifs is 1. The van der Waals surface area contributed by atoms with Crippen LogP contribution in [0.5, 0.6) is 0 Å². The molecule has 26 heavy (non-hydrogen) atoms. The average molecular weight is 350 g/mol. The molecular formula is C21H26N4O. The molecule has 2 atom stereocenters. The lowest BCUT2D eigenvalue weighted by molar-refractivity contribution is 0.0769. The number of benzene rings is 1. The topological polar surface area (TPSA) is 50.3 Å². The van der Waals surface area contributed by atoms with Crippen molar-refractivity contribution in [3.8, 4) is 11.3 Å². The summed E-state index contributed by atoms with van der Waals surface area (Å²) >= 11 is 0. The van der Waals surface area contributed by atoms with Gasteiger partial charge in [-0.3, -0.25) is 0 Å². The molecule has 2 fully saturated rings. The lowest BCUT2D eigenvalue weighted by Gasteiger charge is -2.39. The second-order valence-electron chi connectivity index (χ2n) is 7.69.